The van der Waals surface area contributed by atoms with Crippen molar-refractivity contribution in [3.05, 3.63) is 65.7 Å². The van der Waals surface area contributed by atoms with Gasteiger partial charge in [0.15, 0.2) is 0 Å². The smallest absolute Gasteiger partial charge is 0.347 e. The molecule has 0 saturated heterocycles. The largest absolute Gasteiger partial charge is 2.00 e. The zero-order valence-corrected chi connectivity index (χ0v) is 13.5. The molecule has 0 amide bonds. The van der Waals surface area contributed by atoms with E-state index in [1.165, 1.54) is 12.3 Å². The van der Waals surface area contributed by atoms with Crippen LogP contribution in [-0.2, 0) is 18.6 Å². The van der Waals surface area contributed by atoms with Gasteiger partial charge >= 0.3 is 24.2 Å². The van der Waals surface area contributed by atoms with E-state index in [2.05, 4.69) is 18.0 Å². The molecule has 0 spiro atoms. The van der Waals surface area contributed by atoms with E-state index >= 15 is 0 Å². The number of benzene rings is 1. The van der Waals surface area contributed by atoms with Gasteiger partial charge in [0.05, 0.1) is 4.92 Å². The molecule has 0 fully saturated rings. The summed E-state index contributed by atoms with van der Waals surface area (Å²) in [7, 11) is 1.74. The van der Waals surface area contributed by atoms with Gasteiger partial charge in [-0.15, -0.1) is 12.1 Å². The molecule has 0 unspecified atom stereocenters. The first-order valence-electron chi connectivity index (χ1n) is 6.20. The van der Waals surface area contributed by atoms with Crippen LogP contribution in [0.5, 0.6) is 0 Å². The minimum Gasteiger partial charge on any atom is -0.347 e. The fraction of sp³-hybridized carbons (Fsp3) is 0.200. The molecule has 1 aromatic heterocycles. The van der Waals surface area contributed by atoms with Gasteiger partial charge in [-0.3, -0.25) is 10.1 Å². The Morgan fingerprint density at radius 1 is 1.38 bits per heavy atom. The summed E-state index contributed by atoms with van der Waals surface area (Å²) in [4.78, 5) is 16.2. The van der Waals surface area contributed by atoms with Gasteiger partial charge in [-0.2, -0.15) is 24.6 Å². The summed E-state index contributed by atoms with van der Waals surface area (Å²) < 4.78 is 0. The summed E-state index contributed by atoms with van der Waals surface area (Å²) in [6.45, 7) is 5.50. The Morgan fingerprint density at radius 2 is 1.95 bits per heavy atom. The second-order valence-corrected chi connectivity index (χ2v) is 3.92. The third kappa shape index (κ3) is 5.57. The van der Waals surface area contributed by atoms with Gasteiger partial charge in [-0.25, -0.2) is 4.98 Å². The maximum atomic E-state index is 10.9. The molecule has 6 heteroatoms. The Labute approximate surface area is 137 Å². The van der Waals surface area contributed by atoms with Crippen LogP contribution in [0.15, 0.2) is 42.6 Å². The van der Waals surface area contributed by atoms with Crippen LogP contribution in [0.25, 0.3) is 0 Å². The van der Waals surface area contributed by atoms with Gasteiger partial charge in [0.1, 0.15) is 0 Å². The summed E-state index contributed by atoms with van der Waals surface area (Å²) >= 11 is 0. The molecule has 1 radical (unpaired) electrons. The van der Waals surface area contributed by atoms with Gasteiger partial charge in [-0.1, -0.05) is 12.6 Å². The molecule has 2 rings (SSSR count). The second-order valence-electron chi connectivity index (χ2n) is 3.92. The maximum absolute atomic E-state index is 10.9. The molecule has 0 atom stereocenters. The Hall–Kier alpha value is -1.85. The van der Waals surface area contributed by atoms with Crippen LogP contribution in [0.1, 0.15) is 13.3 Å². The van der Waals surface area contributed by atoms with Crippen LogP contribution < -0.4 is 4.90 Å². The Balaban J connectivity index is 0.000000922. The third-order valence-corrected chi connectivity index (χ3v) is 2.37. The molecule has 2 aromatic rings. The van der Waals surface area contributed by atoms with Crippen molar-refractivity contribution in [1.29, 1.82) is 0 Å². The van der Waals surface area contributed by atoms with Crippen molar-refractivity contribution in [2.24, 2.45) is 0 Å². The molecule has 1 aromatic carbocycles. The van der Waals surface area contributed by atoms with Crippen LogP contribution >= 0.6 is 0 Å². The maximum Gasteiger partial charge on any atom is 2.00 e. The zero-order chi connectivity index (χ0) is 15.0. The van der Waals surface area contributed by atoms with Crippen LogP contribution in [0, 0.1) is 23.1 Å². The van der Waals surface area contributed by atoms with Crippen molar-refractivity contribution in [1.82, 2.24) is 4.98 Å². The first kappa shape index (κ1) is 19.2. The van der Waals surface area contributed by atoms with Gasteiger partial charge in [-0.05, 0) is 6.07 Å². The molecule has 5 nitrogen and oxygen atoms in total. The summed E-state index contributed by atoms with van der Waals surface area (Å²) in [5.41, 5.74) is 0.813. The molecule has 0 saturated carbocycles. The van der Waals surface area contributed by atoms with Gasteiger partial charge in [0.25, 0.3) is 0 Å². The normalized spacial score (nSPS) is 8.90. The van der Waals surface area contributed by atoms with Crippen LogP contribution in [0.4, 0.5) is 17.2 Å². The first-order chi connectivity index (χ1) is 9.61. The van der Waals surface area contributed by atoms with Gasteiger partial charge in [0.2, 0.25) is 5.82 Å². The van der Waals surface area contributed by atoms with Crippen molar-refractivity contribution < 1.29 is 23.5 Å². The molecule has 1 heterocycles. The number of pyridine rings is 1. The molecule has 0 aliphatic heterocycles. The molecule has 21 heavy (non-hydrogen) atoms. The van der Waals surface area contributed by atoms with Crippen LogP contribution in [0.2, 0.25) is 0 Å². The monoisotopic (exact) mass is 322 g/mol. The summed E-state index contributed by atoms with van der Waals surface area (Å²) in [5.74, 6) is 0.323. The summed E-state index contributed by atoms with van der Waals surface area (Å²) in [5, 5.41) is 10.9. The number of aromatic nitrogens is 1. The van der Waals surface area contributed by atoms with Gasteiger partial charge in [0, 0.05) is 19.3 Å². The second kappa shape index (κ2) is 9.96. The summed E-state index contributed by atoms with van der Waals surface area (Å²) in [6, 6.07) is 13.0. The van der Waals surface area contributed by atoms with E-state index in [4.69, 9.17) is 0 Å². The number of rotatable bonds is 3. The Bertz CT molecular complexity index is 550. The fourth-order valence-electron chi connectivity index (χ4n) is 1.51. The fourth-order valence-corrected chi connectivity index (χ4v) is 1.51. The Kier molecular flexibility index (Phi) is 9.09. The van der Waals surface area contributed by atoms with Crippen molar-refractivity contribution >= 4 is 17.2 Å². The molecule has 0 N–H and O–H groups in total. The first-order valence-corrected chi connectivity index (χ1v) is 6.20. The molecular formula is C15H17N3O2V. The third-order valence-electron chi connectivity index (χ3n) is 2.37. The predicted octanol–water partition coefficient (Wildman–Crippen LogP) is 3.79. The average Bonchev–Trinajstić information content (AvgIpc) is 2.48. The SMILES string of the molecule is CN(c1cc[c-]cc1)c1ncccc1[N+](=O)[O-].[CH2-]CC.[V+2]. The van der Waals surface area contributed by atoms with E-state index in [1.54, 1.807) is 30.1 Å². The van der Waals surface area contributed by atoms with Crippen molar-refractivity contribution in [3.63, 3.8) is 0 Å². The number of hydrogen-bond donors (Lipinski definition) is 0. The molecule has 0 aliphatic rings. The number of nitro groups is 1. The molecule has 109 valence electrons. The Morgan fingerprint density at radius 3 is 2.48 bits per heavy atom. The number of nitrogens with zero attached hydrogens (tertiary/aromatic N) is 3. The van der Waals surface area contributed by atoms with Crippen molar-refractivity contribution in [2.75, 3.05) is 11.9 Å². The standard InChI is InChI=1S/C12H10N3O2.C3H7.V/c1-14(10-6-3-2-4-7-10)12-11(15(16)17)8-5-9-13-12;1-3-2;/h3-9H,1H3;1,3H2,2H3;/q2*-1;+2. The van der Waals surface area contributed by atoms with E-state index in [0.29, 0.717) is 5.82 Å². The topological polar surface area (TPSA) is 59.3 Å². The minimum atomic E-state index is -0.437. The van der Waals surface area contributed by atoms with Crippen LogP contribution in [0.3, 0.4) is 0 Å². The van der Waals surface area contributed by atoms with E-state index in [-0.39, 0.29) is 24.2 Å². The molecular weight excluding hydrogens is 305 g/mol. The van der Waals surface area contributed by atoms with Gasteiger partial charge < -0.3 is 11.8 Å². The summed E-state index contributed by atoms with van der Waals surface area (Å²) in [6.07, 6.45) is 2.54. The van der Waals surface area contributed by atoms with Crippen molar-refractivity contribution in [2.45, 2.75) is 13.3 Å². The van der Waals surface area contributed by atoms with Crippen LogP contribution in [-0.4, -0.2) is 17.0 Å². The van der Waals surface area contributed by atoms with E-state index in [9.17, 15) is 10.1 Å². The molecule has 0 aliphatic carbocycles. The minimum absolute atomic E-state index is 0. The zero-order valence-electron chi connectivity index (χ0n) is 12.1. The predicted molar refractivity (Wildman–Crippen MR) is 79.9 cm³/mol. The van der Waals surface area contributed by atoms with E-state index < -0.39 is 4.92 Å². The van der Waals surface area contributed by atoms with E-state index in [0.717, 1.165) is 12.1 Å². The van der Waals surface area contributed by atoms with E-state index in [1.807, 2.05) is 19.1 Å². The quantitative estimate of drug-likeness (QED) is 0.490. The number of anilines is 2. The van der Waals surface area contributed by atoms with Crippen molar-refractivity contribution in [3.8, 4) is 0 Å². The number of hydrogen-bond acceptors (Lipinski definition) is 4. The molecule has 0 bridgehead atoms. The average molecular weight is 322 g/mol.